The van der Waals surface area contributed by atoms with Crippen LogP contribution in [0.4, 0.5) is 11.4 Å². The number of carbonyl (C=O) groups is 1. The van der Waals surface area contributed by atoms with Crippen LogP contribution < -0.4 is 15.4 Å². The number of nitrogens with one attached hydrogen (secondary N) is 2. The molecule has 1 heterocycles. The lowest BCUT2D eigenvalue weighted by molar-refractivity contribution is -0.118. The average molecular weight is 285 g/mol. The SMILES string of the molecule is CC(Nc1cc2c(cc1Cl)NC(=O)CO2)C(C)(C)O. The van der Waals surface area contributed by atoms with E-state index in [0.29, 0.717) is 22.1 Å². The van der Waals surface area contributed by atoms with Crippen LogP contribution in [0.15, 0.2) is 12.1 Å². The topological polar surface area (TPSA) is 70.6 Å². The molecule has 0 saturated carbocycles. The summed E-state index contributed by atoms with van der Waals surface area (Å²) >= 11 is 6.15. The summed E-state index contributed by atoms with van der Waals surface area (Å²) in [6, 6.07) is 3.16. The van der Waals surface area contributed by atoms with E-state index in [4.69, 9.17) is 16.3 Å². The zero-order chi connectivity index (χ0) is 14.2. The van der Waals surface area contributed by atoms with E-state index in [1.807, 2.05) is 6.92 Å². The summed E-state index contributed by atoms with van der Waals surface area (Å²) in [5.74, 6) is 0.364. The molecule has 0 fully saturated rings. The van der Waals surface area contributed by atoms with Crippen LogP contribution in [0.5, 0.6) is 5.75 Å². The molecule has 1 atom stereocenters. The van der Waals surface area contributed by atoms with Crippen molar-refractivity contribution in [3.05, 3.63) is 17.2 Å². The quantitative estimate of drug-likeness (QED) is 0.796. The number of anilines is 2. The number of rotatable bonds is 3. The number of hydrogen-bond donors (Lipinski definition) is 3. The lowest BCUT2D eigenvalue weighted by atomic mass is 10.0. The van der Waals surface area contributed by atoms with E-state index in [2.05, 4.69) is 10.6 Å². The zero-order valence-electron chi connectivity index (χ0n) is 11.1. The molecular formula is C13H17ClN2O3. The largest absolute Gasteiger partial charge is 0.482 e. The second-order valence-corrected chi connectivity index (χ2v) is 5.59. The number of benzene rings is 1. The number of carbonyl (C=O) groups excluding carboxylic acids is 1. The summed E-state index contributed by atoms with van der Waals surface area (Å²) in [7, 11) is 0. The normalized spacial score (nSPS) is 16.2. The van der Waals surface area contributed by atoms with E-state index in [0.717, 1.165) is 0 Å². The lowest BCUT2D eigenvalue weighted by Crippen LogP contribution is -2.39. The van der Waals surface area contributed by atoms with Gasteiger partial charge >= 0.3 is 0 Å². The molecule has 1 aromatic rings. The minimum Gasteiger partial charge on any atom is -0.482 e. The predicted octanol–water partition coefficient (Wildman–Crippen LogP) is 2.24. The molecule has 1 aromatic carbocycles. The first-order valence-corrected chi connectivity index (χ1v) is 6.40. The molecule has 2 rings (SSSR count). The summed E-state index contributed by atoms with van der Waals surface area (Å²) in [6.07, 6.45) is 0. The third kappa shape index (κ3) is 3.11. The Morgan fingerprint density at radius 2 is 2.21 bits per heavy atom. The second kappa shape index (κ2) is 4.90. The van der Waals surface area contributed by atoms with Crippen molar-refractivity contribution >= 4 is 28.9 Å². The number of amides is 1. The van der Waals surface area contributed by atoms with Gasteiger partial charge in [-0.05, 0) is 26.8 Å². The predicted molar refractivity (Wildman–Crippen MR) is 75.0 cm³/mol. The number of hydrogen-bond acceptors (Lipinski definition) is 4. The maximum atomic E-state index is 11.2. The highest BCUT2D eigenvalue weighted by Gasteiger charge is 2.24. The van der Waals surface area contributed by atoms with Gasteiger partial charge in [0.1, 0.15) is 5.75 Å². The second-order valence-electron chi connectivity index (χ2n) is 5.18. The number of fused-ring (bicyclic) bond motifs is 1. The smallest absolute Gasteiger partial charge is 0.262 e. The monoisotopic (exact) mass is 284 g/mol. The molecular weight excluding hydrogens is 268 g/mol. The van der Waals surface area contributed by atoms with Crippen molar-refractivity contribution < 1.29 is 14.6 Å². The standard InChI is InChI=1S/C13H17ClN2O3/c1-7(13(2,3)18)15-9-5-11-10(4-8(9)14)16-12(17)6-19-11/h4-5,7,15,18H,6H2,1-3H3,(H,16,17). The first-order valence-electron chi connectivity index (χ1n) is 6.02. The summed E-state index contributed by atoms with van der Waals surface area (Å²) in [4.78, 5) is 11.2. The molecule has 6 heteroatoms. The van der Waals surface area contributed by atoms with Gasteiger partial charge < -0.3 is 20.5 Å². The van der Waals surface area contributed by atoms with Crippen molar-refractivity contribution in [3.63, 3.8) is 0 Å². The Kier molecular flexibility index (Phi) is 3.60. The van der Waals surface area contributed by atoms with Crippen molar-refractivity contribution in [3.8, 4) is 5.75 Å². The van der Waals surface area contributed by atoms with Crippen LogP contribution in [0, 0.1) is 0 Å². The summed E-state index contributed by atoms with van der Waals surface area (Å²) in [5, 5.41) is 16.2. The molecule has 0 aliphatic carbocycles. The minimum atomic E-state index is -0.881. The lowest BCUT2D eigenvalue weighted by Gasteiger charge is -2.29. The van der Waals surface area contributed by atoms with Crippen molar-refractivity contribution in [2.75, 3.05) is 17.2 Å². The molecule has 1 aliphatic rings. The molecule has 0 radical (unpaired) electrons. The van der Waals surface area contributed by atoms with Gasteiger partial charge in [0.15, 0.2) is 6.61 Å². The Morgan fingerprint density at radius 3 is 2.84 bits per heavy atom. The highest BCUT2D eigenvalue weighted by molar-refractivity contribution is 6.33. The highest BCUT2D eigenvalue weighted by atomic mass is 35.5. The maximum absolute atomic E-state index is 11.2. The molecule has 1 aliphatic heterocycles. The zero-order valence-corrected chi connectivity index (χ0v) is 11.8. The Morgan fingerprint density at radius 1 is 1.53 bits per heavy atom. The van der Waals surface area contributed by atoms with Crippen molar-refractivity contribution in [1.29, 1.82) is 0 Å². The molecule has 1 unspecified atom stereocenters. The Hall–Kier alpha value is -1.46. The highest BCUT2D eigenvalue weighted by Crippen LogP contribution is 2.37. The van der Waals surface area contributed by atoms with Gasteiger partial charge in [0.05, 0.1) is 28.0 Å². The Bertz CT molecular complexity index is 511. The van der Waals surface area contributed by atoms with Gasteiger partial charge in [-0.15, -0.1) is 0 Å². The van der Waals surface area contributed by atoms with Crippen LogP contribution in [0.3, 0.4) is 0 Å². The van der Waals surface area contributed by atoms with Gasteiger partial charge in [0.2, 0.25) is 0 Å². The van der Waals surface area contributed by atoms with Crippen LogP contribution in [0.25, 0.3) is 0 Å². The Balaban J connectivity index is 2.26. The third-order valence-electron chi connectivity index (χ3n) is 3.13. The Labute approximate surface area is 116 Å². The van der Waals surface area contributed by atoms with Gasteiger partial charge in [-0.1, -0.05) is 11.6 Å². The molecule has 0 bridgehead atoms. The molecule has 19 heavy (non-hydrogen) atoms. The first kappa shape index (κ1) is 14.0. The first-order chi connectivity index (χ1) is 8.77. The van der Waals surface area contributed by atoms with Crippen molar-refractivity contribution in [2.45, 2.75) is 32.4 Å². The summed E-state index contributed by atoms with van der Waals surface area (Å²) in [6.45, 7) is 5.29. The summed E-state index contributed by atoms with van der Waals surface area (Å²) in [5.41, 5.74) is 0.336. The molecule has 0 saturated heterocycles. The van der Waals surface area contributed by atoms with E-state index >= 15 is 0 Å². The average Bonchev–Trinajstić information content (AvgIpc) is 2.29. The molecule has 5 nitrogen and oxygen atoms in total. The number of ether oxygens (including phenoxy) is 1. The van der Waals surface area contributed by atoms with Crippen molar-refractivity contribution in [1.82, 2.24) is 0 Å². The van der Waals surface area contributed by atoms with Crippen LogP contribution in [0.1, 0.15) is 20.8 Å². The van der Waals surface area contributed by atoms with E-state index in [9.17, 15) is 9.90 Å². The fourth-order valence-electron chi connectivity index (χ4n) is 1.62. The van der Waals surface area contributed by atoms with Gasteiger partial charge in [0.25, 0.3) is 5.91 Å². The van der Waals surface area contributed by atoms with Gasteiger partial charge in [-0.2, -0.15) is 0 Å². The van der Waals surface area contributed by atoms with E-state index in [-0.39, 0.29) is 18.6 Å². The molecule has 104 valence electrons. The molecule has 3 N–H and O–H groups in total. The molecule has 1 amide bonds. The van der Waals surface area contributed by atoms with Gasteiger partial charge in [-0.3, -0.25) is 4.79 Å². The molecule has 0 aromatic heterocycles. The fraction of sp³-hybridized carbons (Fsp3) is 0.462. The maximum Gasteiger partial charge on any atom is 0.262 e. The van der Waals surface area contributed by atoms with Gasteiger partial charge in [-0.25, -0.2) is 0 Å². The van der Waals surface area contributed by atoms with E-state index in [1.165, 1.54) is 0 Å². The third-order valence-corrected chi connectivity index (χ3v) is 3.45. The van der Waals surface area contributed by atoms with Crippen molar-refractivity contribution in [2.24, 2.45) is 0 Å². The fourth-order valence-corrected chi connectivity index (χ4v) is 1.84. The van der Waals surface area contributed by atoms with Crippen LogP contribution >= 0.6 is 11.6 Å². The van der Waals surface area contributed by atoms with E-state index < -0.39 is 5.60 Å². The van der Waals surface area contributed by atoms with Crippen LogP contribution in [-0.2, 0) is 4.79 Å². The number of halogens is 1. The minimum absolute atomic E-state index is 0.00484. The summed E-state index contributed by atoms with van der Waals surface area (Å²) < 4.78 is 5.33. The molecule has 0 spiro atoms. The number of aliphatic hydroxyl groups is 1. The van der Waals surface area contributed by atoms with Crippen LogP contribution in [0.2, 0.25) is 5.02 Å². The van der Waals surface area contributed by atoms with Crippen LogP contribution in [-0.4, -0.2) is 29.3 Å². The van der Waals surface area contributed by atoms with Gasteiger partial charge in [0, 0.05) is 6.07 Å². The van der Waals surface area contributed by atoms with E-state index in [1.54, 1.807) is 26.0 Å².